The standard InChI is InChI=1S/C12H22N6O2/c1-5-13-10-16-11(15-7-6-14-9(4)19)18-12(17-10)20-8(2)3/h8H,5-7H2,1-4H3,(H,14,19)(H2,13,15,16,17,18). The molecule has 0 spiro atoms. The summed E-state index contributed by atoms with van der Waals surface area (Å²) >= 11 is 0. The Bertz CT molecular complexity index is 438. The van der Waals surface area contributed by atoms with E-state index >= 15 is 0 Å². The number of nitrogens with one attached hydrogen (secondary N) is 3. The van der Waals surface area contributed by atoms with Gasteiger partial charge in [0.1, 0.15) is 0 Å². The lowest BCUT2D eigenvalue weighted by molar-refractivity contribution is -0.118. The molecule has 0 saturated heterocycles. The Hall–Kier alpha value is -2.12. The van der Waals surface area contributed by atoms with E-state index in [1.165, 1.54) is 6.92 Å². The van der Waals surface area contributed by atoms with Gasteiger partial charge in [0.05, 0.1) is 6.10 Å². The number of anilines is 2. The number of carbonyl (C=O) groups is 1. The molecule has 0 radical (unpaired) electrons. The number of ether oxygens (including phenoxy) is 1. The molecule has 1 rings (SSSR count). The molecule has 0 saturated carbocycles. The van der Waals surface area contributed by atoms with Crippen molar-refractivity contribution in [3.05, 3.63) is 0 Å². The molecule has 1 aromatic rings. The molecule has 0 atom stereocenters. The highest BCUT2D eigenvalue weighted by molar-refractivity contribution is 5.72. The average Bonchev–Trinajstić information content (AvgIpc) is 2.34. The second-order valence-corrected chi connectivity index (χ2v) is 4.37. The molecule has 0 aliphatic rings. The van der Waals surface area contributed by atoms with Gasteiger partial charge in [-0.25, -0.2) is 0 Å². The van der Waals surface area contributed by atoms with E-state index in [4.69, 9.17) is 4.74 Å². The molecular weight excluding hydrogens is 260 g/mol. The molecule has 0 fully saturated rings. The maximum absolute atomic E-state index is 10.8. The zero-order chi connectivity index (χ0) is 15.0. The Kier molecular flexibility index (Phi) is 6.48. The highest BCUT2D eigenvalue weighted by atomic mass is 16.5. The maximum atomic E-state index is 10.8. The van der Waals surface area contributed by atoms with Crippen LogP contribution in [0.3, 0.4) is 0 Å². The van der Waals surface area contributed by atoms with Crippen LogP contribution in [0, 0.1) is 0 Å². The van der Waals surface area contributed by atoms with Crippen molar-refractivity contribution >= 4 is 17.8 Å². The molecule has 0 unspecified atom stereocenters. The highest BCUT2D eigenvalue weighted by Gasteiger charge is 2.08. The summed E-state index contributed by atoms with van der Waals surface area (Å²) in [5, 5.41) is 8.72. The highest BCUT2D eigenvalue weighted by Crippen LogP contribution is 2.12. The maximum Gasteiger partial charge on any atom is 0.323 e. The summed E-state index contributed by atoms with van der Waals surface area (Å²) in [5.41, 5.74) is 0. The largest absolute Gasteiger partial charge is 0.461 e. The first-order chi connectivity index (χ1) is 9.51. The lowest BCUT2D eigenvalue weighted by Crippen LogP contribution is -2.26. The van der Waals surface area contributed by atoms with Crippen LogP contribution < -0.4 is 20.7 Å². The molecule has 112 valence electrons. The zero-order valence-electron chi connectivity index (χ0n) is 12.4. The smallest absolute Gasteiger partial charge is 0.323 e. The minimum atomic E-state index is -0.0698. The van der Waals surface area contributed by atoms with Gasteiger partial charge in [-0.2, -0.15) is 15.0 Å². The van der Waals surface area contributed by atoms with E-state index in [1.54, 1.807) is 0 Å². The number of hydrogen-bond acceptors (Lipinski definition) is 7. The van der Waals surface area contributed by atoms with Gasteiger partial charge in [0, 0.05) is 26.6 Å². The number of hydrogen-bond donors (Lipinski definition) is 3. The number of amides is 1. The van der Waals surface area contributed by atoms with Crippen molar-refractivity contribution in [1.82, 2.24) is 20.3 Å². The van der Waals surface area contributed by atoms with Crippen molar-refractivity contribution in [2.24, 2.45) is 0 Å². The first-order valence-corrected chi connectivity index (χ1v) is 6.66. The SMILES string of the molecule is CCNc1nc(NCCNC(C)=O)nc(OC(C)C)n1. The predicted molar refractivity (Wildman–Crippen MR) is 76.9 cm³/mol. The number of rotatable bonds is 8. The summed E-state index contributed by atoms with van der Waals surface area (Å²) < 4.78 is 5.47. The number of nitrogens with zero attached hydrogens (tertiary/aromatic N) is 3. The average molecular weight is 282 g/mol. The Morgan fingerprint density at radius 2 is 1.80 bits per heavy atom. The summed E-state index contributed by atoms with van der Waals surface area (Å²) in [7, 11) is 0. The first-order valence-electron chi connectivity index (χ1n) is 6.66. The van der Waals surface area contributed by atoms with Crippen LogP contribution in [0.2, 0.25) is 0 Å². The Morgan fingerprint density at radius 3 is 2.35 bits per heavy atom. The van der Waals surface area contributed by atoms with E-state index < -0.39 is 0 Å². The van der Waals surface area contributed by atoms with Gasteiger partial charge in [-0.05, 0) is 20.8 Å². The number of aromatic nitrogens is 3. The second kappa shape index (κ2) is 8.13. The predicted octanol–water partition coefficient (Wildman–Crippen LogP) is 0.639. The van der Waals surface area contributed by atoms with Crippen molar-refractivity contribution in [3.8, 4) is 6.01 Å². The van der Waals surface area contributed by atoms with Crippen molar-refractivity contribution in [3.63, 3.8) is 0 Å². The third-order valence-corrected chi connectivity index (χ3v) is 2.07. The molecule has 3 N–H and O–H groups in total. The summed E-state index contributed by atoms with van der Waals surface area (Å²) in [6, 6.07) is 0.271. The van der Waals surface area contributed by atoms with E-state index in [-0.39, 0.29) is 18.0 Å². The molecular formula is C12H22N6O2. The third-order valence-electron chi connectivity index (χ3n) is 2.07. The quantitative estimate of drug-likeness (QED) is 0.601. The summed E-state index contributed by atoms with van der Waals surface area (Å²) in [4.78, 5) is 23.3. The monoisotopic (exact) mass is 282 g/mol. The topological polar surface area (TPSA) is 101 Å². The summed E-state index contributed by atoms with van der Waals surface area (Å²) in [5.74, 6) is 0.803. The normalized spacial score (nSPS) is 10.2. The van der Waals surface area contributed by atoms with E-state index in [2.05, 4.69) is 30.9 Å². The second-order valence-electron chi connectivity index (χ2n) is 4.37. The molecule has 1 amide bonds. The molecule has 20 heavy (non-hydrogen) atoms. The fraction of sp³-hybridized carbons (Fsp3) is 0.667. The van der Waals surface area contributed by atoms with Gasteiger partial charge >= 0.3 is 6.01 Å². The lowest BCUT2D eigenvalue weighted by atomic mass is 10.5. The van der Waals surface area contributed by atoms with E-state index in [1.807, 2.05) is 20.8 Å². The fourth-order valence-electron chi connectivity index (χ4n) is 1.35. The lowest BCUT2D eigenvalue weighted by Gasteiger charge is -2.11. The van der Waals surface area contributed by atoms with Crippen molar-refractivity contribution in [1.29, 1.82) is 0 Å². The Morgan fingerprint density at radius 1 is 1.15 bits per heavy atom. The molecule has 0 aliphatic carbocycles. The minimum Gasteiger partial charge on any atom is -0.461 e. The van der Waals surface area contributed by atoms with Gasteiger partial charge < -0.3 is 20.7 Å². The van der Waals surface area contributed by atoms with Crippen LogP contribution in [0.5, 0.6) is 6.01 Å². The molecule has 8 nitrogen and oxygen atoms in total. The molecule has 0 aromatic carbocycles. The van der Waals surface area contributed by atoms with Crippen LogP contribution in [-0.2, 0) is 4.79 Å². The molecule has 0 aliphatic heterocycles. The summed E-state index contributed by atoms with van der Waals surface area (Å²) in [6.07, 6.45) is -0.0147. The van der Waals surface area contributed by atoms with E-state index in [9.17, 15) is 4.79 Å². The number of carbonyl (C=O) groups excluding carboxylic acids is 1. The van der Waals surface area contributed by atoms with Crippen LogP contribution in [0.25, 0.3) is 0 Å². The van der Waals surface area contributed by atoms with Crippen molar-refractivity contribution in [2.45, 2.75) is 33.8 Å². The van der Waals surface area contributed by atoms with Crippen molar-refractivity contribution in [2.75, 3.05) is 30.3 Å². The van der Waals surface area contributed by atoms with Gasteiger partial charge in [-0.15, -0.1) is 0 Å². The summed E-state index contributed by atoms with van der Waals surface area (Å²) in [6.45, 7) is 8.96. The van der Waals surface area contributed by atoms with Crippen molar-refractivity contribution < 1.29 is 9.53 Å². The molecule has 0 bridgehead atoms. The molecule has 8 heteroatoms. The Labute approximate surface area is 118 Å². The Balaban J connectivity index is 2.67. The van der Waals surface area contributed by atoms with Crippen LogP contribution in [0.4, 0.5) is 11.9 Å². The third kappa shape index (κ3) is 6.17. The van der Waals surface area contributed by atoms with Crippen LogP contribution in [0.15, 0.2) is 0 Å². The van der Waals surface area contributed by atoms with Gasteiger partial charge in [0.25, 0.3) is 0 Å². The van der Waals surface area contributed by atoms with Crippen LogP contribution in [-0.4, -0.2) is 46.6 Å². The van der Waals surface area contributed by atoms with Gasteiger partial charge in [0.2, 0.25) is 17.8 Å². The van der Waals surface area contributed by atoms with Crippen LogP contribution >= 0.6 is 0 Å². The van der Waals surface area contributed by atoms with E-state index in [0.29, 0.717) is 31.5 Å². The minimum absolute atomic E-state index is 0.0147. The van der Waals surface area contributed by atoms with Gasteiger partial charge in [0.15, 0.2) is 0 Å². The molecule has 1 aromatic heterocycles. The van der Waals surface area contributed by atoms with Gasteiger partial charge in [-0.1, -0.05) is 0 Å². The first kappa shape index (κ1) is 15.9. The zero-order valence-corrected chi connectivity index (χ0v) is 12.4. The molecule has 1 heterocycles. The van der Waals surface area contributed by atoms with E-state index in [0.717, 1.165) is 0 Å². The van der Waals surface area contributed by atoms with Crippen LogP contribution in [0.1, 0.15) is 27.7 Å². The van der Waals surface area contributed by atoms with Gasteiger partial charge in [-0.3, -0.25) is 4.79 Å². The fourth-order valence-corrected chi connectivity index (χ4v) is 1.35.